The monoisotopic (exact) mass is 432 g/mol. The maximum atomic E-state index is 12.5. The third-order valence-electron chi connectivity index (χ3n) is 9.54. The van der Waals surface area contributed by atoms with E-state index < -0.39 is 29.1 Å². The molecule has 4 aliphatic heterocycles. The van der Waals surface area contributed by atoms with E-state index in [2.05, 4.69) is 20.8 Å². The molecule has 0 aromatic rings. The van der Waals surface area contributed by atoms with Gasteiger partial charge in [0.1, 0.15) is 30.0 Å². The Morgan fingerprint density at radius 3 is 2.77 bits per heavy atom. The number of carbonyl (C=O) groups is 2. The molecule has 7 aliphatic rings. The van der Waals surface area contributed by atoms with Crippen molar-refractivity contribution in [3.63, 3.8) is 0 Å². The van der Waals surface area contributed by atoms with Crippen molar-refractivity contribution < 1.29 is 38.0 Å². The first-order chi connectivity index (χ1) is 14.8. The molecular formula is C23H28O8. The zero-order valence-corrected chi connectivity index (χ0v) is 18.3. The van der Waals surface area contributed by atoms with Crippen LogP contribution in [0.3, 0.4) is 0 Å². The third kappa shape index (κ3) is 1.78. The van der Waals surface area contributed by atoms with Crippen LogP contribution >= 0.6 is 0 Å². The van der Waals surface area contributed by atoms with Crippen LogP contribution in [0.15, 0.2) is 11.1 Å². The fraction of sp³-hybridized carbons (Fsp3) is 0.826. The van der Waals surface area contributed by atoms with Crippen molar-refractivity contribution in [2.75, 3.05) is 13.2 Å². The lowest BCUT2D eigenvalue weighted by molar-refractivity contribution is -0.136. The summed E-state index contributed by atoms with van der Waals surface area (Å²) in [5.41, 5.74) is -0.211. The van der Waals surface area contributed by atoms with Crippen LogP contribution in [0.4, 0.5) is 4.79 Å². The average molecular weight is 432 g/mol. The molecule has 0 N–H and O–H groups in total. The minimum Gasteiger partial charge on any atom is -0.458 e. The highest BCUT2D eigenvalue weighted by Gasteiger charge is 3.01. The molecule has 0 radical (unpaired) electrons. The number of hydrogen-bond donors (Lipinski definition) is 0. The Morgan fingerprint density at radius 1 is 1.23 bits per heavy atom. The lowest BCUT2D eigenvalue weighted by Crippen LogP contribution is -2.70. The highest BCUT2D eigenvalue weighted by molar-refractivity contribution is 5.92. The van der Waals surface area contributed by atoms with E-state index in [0.717, 1.165) is 24.0 Å². The lowest BCUT2D eigenvalue weighted by Gasteiger charge is -2.53. The molecule has 0 amide bonds. The van der Waals surface area contributed by atoms with E-state index in [1.807, 2.05) is 0 Å². The van der Waals surface area contributed by atoms with Gasteiger partial charge in [0.2, 0.25) is 0 Å². The van der Waals surface area contributed by atoms with Crippen molar-refractivity contribution in [1.82, 2.24) is 0 Å². The van der Waals surface area contributed by atoms with Gasteiger partial charge < -0.3 is 28.4 Å². The van der Waals surface area contributed by atoms with Crippen molar-refractivity contribution >= 4 is 12.1 Å². The van der Waals surface area contributed by atoms with Crippen molar-refractivity contribution in [3.8, 4) is 0 Å². The molecular weight excluding hydrogens is 404 g/mol. The molecule has 2 spiro atoms. The maximum absolute atomic E-state index is 12.5. The van der Waals surface area contributed by atoms with Gasteiger partial charge in [-0.15, -0.1) is 0 Å². The average Bonchev–Trinajstić information content (AvgIpc) is 3.61. The summed E-state index contributed by atoms with van der Waals surface area (Å²) in [5.74, 6) is 0.111. The van der Waals surface area contributed by atoms with E-state index >= 15 is 0 Å². The van der Waals surface area contributed by atoms with Crippen LogP contribution in [0.25, 0.3) is 0 Å². The van der Waals surface area contributed by atoms with Crippen LogP contribution < -0.4 is 0 Å². The normalized spacial score (nSPS) is 54.5. The highest BCUT2D eigenvalue weighted by atomic mass is 16.8. The molecule has 4 heterocycles. The molecule has 2 saturated carbocycles. The quantitative estimate of drug-likeness (QED) is 0.495. The van der Waals surface area contributed by atoms with Crippen molar-refractivity contribution in [3.05, 3.63) is 11.1 Å². The molecule has 3 saturated heterocycles. The number of ether oxygens (including phenoxy) is 6. The standard InChI is InChI=1S/C23H28O8/c1-5-26-19(25)28-18-21(10(2)3)15(30-21)16-23(31-16)20(4)7-6-11-12(9-27-17(11)24)13(20)8-14-22(18,23)29-14/h10,13-16,18H,5-9H2,1-4H3/t13-,14-,15-,16-,18+,20-,21-,22+,23+/m0/s1. The Morgan fingerprint density at radius 2 is 2.03 bits per heavy atom. The largest absolute Gasteiger partial charge is 0.508 e. The van der Waals surface area contributed by atoms with Gasteiger partial charge in [-0.05, 0) is 43.6 Å². The van der Waals surface area contributed by atoms with E-state index in [0.29, 0.717) is 13.0 Å². The van der Waals surface area contributed by atoms with Gasteiger partial charge in [-0.3, -0.25) is 0 Å². The molecule has 168 valence electrons. The Hall–Kier alpha value is -1.64. The molecule has 5 fully saturated rings. The van der Waals surface area contributed by atoms with Crippen molar-refractivity contribution in [1.29, 1.82) is 0 Å². The van der Waals surface area contributed by atoms with Gasteiger partial charge in [0.05, 0.1) is 12.7 Å². The first-order valence-corrected chi connectivity index (χ1v) is 11.5. The summed E-state index contributed by atoms with van der Waals surface area (Å²) in [6.07, 6.45) is 0.670. The second kappa shape index (κ2) is 5.29. The summed E-state index contributed by atoms with van der Waals surface area (Å²) >= 11 is 0. The lowest BCUT2D eigenvalue weighted by atomic mass is 9.46. The number of carbonyl (C=O) groups excluding carboxylic acids is 2. The van der Waals surface area contributed by atoms with E-state index in [1.165, 1.54) is 0 Å². The second-order valence-electron chi connectivity index (χ2n) is 10.7. The number of epoxide rings is 3. The van der Waals surface area contributed by atoms with Crippen molar-refractivity contribution in [2.24, 2.45) is 17.3 Å². The summed E-state index contributed by atoms with van der Waals surface area (Å²) < 4.78 is 36.1. The Bertz CT molecular complexity index is 957. The Balaban J connectivity index is 1.34. The first kappa shape index (κ1) is 18.9. The smallest absolute Gasteiger partial charge is 0.458 e. The molecule has 0 aromatic heterocycles. The van der Waals surface area contributed by atoms with Crippen LogP contribution in [-0.4, -0.2) is 66.6 Å². The van der Waals surface area contributed by atoms with Gasteiger partial charge in [0.15, 0.2) is 11.7 Å². The summed E-state index contributed by atoms with van der Waals surface area (Å²) in [6, 6.07) is 0. The van der Waals surface area contributed by atoms with Crippen LogP contribution in [0.5, 0.6) is 0 Å². The van der Waals surface area contributed by atoms with Crippen LogP contribution in [0.1, 0.15) is 47.0 Å². The fourth-order valence-electron chi connectivity index (χ4n) is 8.09. The minimum absolute atomic E-state index is 0.0880. The number of fused-ring (bicyclic) bond motifs is 4. The van der Waals surface area contributed by atoms with E-state index in [1.54, 1.807) is 6.92 Å². The number of esters is 1. The molecule has 3 aliphatic carbocycles. The molecule has 8 nitrogen and oxygen atoms in total. The van der Waals surface area contributed by atoms with E-state index in [4.69, 9.17) is 28.4 Å². The van der Waals surface area contributed by atoms with E-state index in [9.17, 15) is 9.59 Å². The number of cyclic esters (lactones) is 1. The van der Waals surface area contributed by atoms with Gasteiger partial charge in [0, 0.05) is 11.0 Å². The molecule has 7 rings (SSSR count). The highest BCUT2D eigenvalue weighted by Crippen LogP contribution is 2.83. The van der Waals surface area contributed by atoms with Crippen LogP contribution in [0.2, 0.25) is 0 Å². The van der Waals surface area contributed by atoms with Gasteiger partial charge in [0.25, 0.3) is 0 Å². The second-order valence-corrected chi connectivity index (χ2v) is 10.7. The van der Waals surface area contributed by atoms with Crippen LogP contribution in [0, 0.1) is 17.3 Å². The van der Waals surface area contributed by atoms with Gasteiger partial charge in [-0.25, -0.2) is 9.59 Å². The number of hydrogen-bond acceptors (Lipinski definition) is 8. The van der Waals surface area contributed by atoms with Gasteiger partial charge in [-0.1, -0.05) is 20.8 Å². The first-order valence-electron chi connectivity index (χ1n) is 11.5. The zero-order chi connectivity index (χ0) is 21.6. The maximum Gasteiger partial charge on any atom is 0.508 e. The van der Waals surface area contributed by atoms with Crippen LogP contribution in [-0.2, 0) is 33.2 Å². The van der Waals surface area contributed by atoms with E-state index in [-0.39, 0.29) is 48.1 Å². The molecule has 31 heavy (non-hydrogen) atoms. The molecule has 0 unspecified atom stereocenters. The minimum atomic E-state index is -0.728. The van der Waals surface area contributed by atoms with Gasteiger partial charge >= 0.3 is 12.1 Å². The predicted octanol–water partition coefficient (Wildman–Crippen LogP) is 2.28. The topological polar surface area (TPSA) is 99.4 Å². The summed E-state index contributed by atoms with van der Waals surface area (Å²) in [5, 5.41) is 0. The van der Waals surface area contributed by atoms with Crippen molar-refractivity contribution in [2.45, 2.75) is 88.2 Å². The zero-order valence-electron chi connectivity index (χ0n) is 18.3. The van der Waals surface area contributed by atoms with Gasteiger partial charge in [-0.2, -0.15) is 0 Å². The molecule has 9 atom stereocenters. The molecule has 0 aromatic carbocycles. The Kier molecular flexibility index (Phi) is 3.22. The SMILES string of the molecule is CCOC(=O)O[C@@H]1[C@@]2(C(C)C)O[C@H]2[C@@H]2O[C@]23[C@]12O[C@H]2C[C@H]1C2=C(CC[C@@]13C)C(=O)OC2. The number of rotatable bonds is 3. The summed E-state index contributed by atoms with van der Waals surface area (Å²) in [4.78, 5) is 24.7. The third-order valence-corrected chi connectivity index (χ3v) is 9.54. The molecule has 0 bridgehead atoms. The predicted molar refractivity (Wildman–Crippen MR) is 103 cm³/mol. The summed E-state index contributed by atoms with van der Waals surface area (Å²) in [6.45, 7) is 8.83. The Labute approximate surface area is 180 Å². The summed E-state index contributed by atoms with van der Waals surface area (Å²) in [7, 11) is 0. The fourth-order valence-corrected chi connectivity index (χ4v) is 8.09. The molecule has 8 heteroatoms.